The van der Waals surface area contributed by atoms with Crippen molar-refractivity contribution in [2.45, 2.75) is 26.2 Å². The first kappa shape index (κ1) is 21.8. The van der Waals surface area contributed by atoms with E-state index in [2.05, 4.69) is 47.6 Å². The Hall–Kier alpha value is -3.47. The molecule has 1 saturated heterocycles. The highest BCUT2D eigenvalue weighted by atomic mass is 16.2. The lowest BCUT2D eigenvalue weighted by molar-refractivity contribution is -0.133. The van der Waals surface area contributed by atoms with Crippen LogP contribution in [0.1, 0.15) is 34.3 Å². The molecule has 164 valence electrons. The van der Waals surface area contributed by atoms with Crippen LogP contribution in [0.4, 0.5) is 0 Å². The third kappa shape index (κ3) is 4.28. The first-order valence-corrected chi connectivity index (χ1v) is 11.1. The van der Waals surface area contributed by atoms with Crippen molar-refractivity contribution in [2.24, 2.45) is 5.41 Å². The predicted molar refractivity (Wildman–Crippen MR) is 126 cm³/mol. The highest BCUT2D eigenvalue weighted by Gasteiger charge is 2.42. The zero-order valence-corrected chi connectivity index (χ0v) is 18.7. The summed E-state index contributed by atoms with van der Waals surface area (Å²) in [4.78, 5) is 31.9. The molecule has 0 saturated carbocycles. The van der Waals surface area contributed by atoms with Crippen LogP contribution in [0.25, 0.3) is 11.1 Å². The van der Waals surface area contributed by atoms with Gasteiger partial charge < -0.3 is 10.2 Å². The van der Waals surface area contributed by atoms with Gasteiger partial charge in [-0.05, 0) is 60.6 Å². The Morgan fingerprint density at radius 2 is 1.66 bits per heavy atom. The predicted octanol–water partition coefficient (Wildman–Crippen LogP) is 4.27. The number of piperidine rings is 1. The number of carbonyl (C=O) groups excluding carboxylic acids is 2. The fraction of sp³-hybridized carbons (Fsp3) is 0.296. The Bertz CT molecular complexity index is 1100. The van der Waals surface area contributed by atoms with Gasteiger partial charge >= 0.3 is 0 Å². The van der Waals surface area contributed by atoms with Gasteiger partial charge in [0.05, 0.1) is 11.0 Å². The normalized spacial score (nSPS) is 15.2. The van der Waals surface area contributed by atoms with Crippen molar-refractivity contribution in [1.29, 1.82) is 0 Å². The molecule has 0 bridgehead atoms. The summed E-state index contributed by atoms with van der Waals surface area (Å²) in [5.41, 5.74) is 4.79. The molecule has 4 rings (SSSR count). The van der Waals surface area contributed by atoms with E-state index in [0.717, 1.165) is 5.56 Å². The van der Waals surface area contributed by atoms with Gasteiger partial charge in [0.1, 0.15) is 0 Å². The molecular formula is C27H29N3O2. The summed E-state index contributed by atoms with van der Waals surface area (Å²) in [6, 6.07) is 20.2. The van der Waals surface area contributed by atoms with Gasteiger partial charge in [-0.3, -0.25) is 14.6 Å². The van der Waals surface area contributed by atoms with Crippen molar-refractivity contribution < 1.29 is 9.59 Å². The van der Waals surface area contributed by atoms with E-state index in [0.29, 0.717) is 37.9 Å². The molecule has 1 aliphatic rings. The molecule has 1 N–H and O–H groups in total. The molecule has 2 aromatic carbocycles. The van der Waals surface area contributed by atoms with Crippen molar-refractivity contribution in [2.75, 3.05) is 20.1 Å². The molecule has 0 aliphatic carbocycles. The van der Waals surface area contributed by atoms with Crippen LogP contribution >= 0.6 is 0 Å². The summed E-state index contributed by atoms with van der Waals surface area (Å²) in [5.74, 6) is 0.0227. The molecule has 0 unspecified atom stereocenters. The number of nitrogens with zero attached hydrogens (tertiary/aromatic N) is 2. The van der Waals surface area contributed by atoms with Crippen LogP contribution in [0.2, 0.25) is 0 Å². The van der Waals surface area contributed by atoms with Crippen molar-refractivity contribution in [3.05, 3.63) is 89.7 Å². The highest BCUT2D eigenvalue weighted by Crippen LogP contribution is 2.39. The average Bonchev–Trinajstić information content (AvgIpc) is 2.85. The van der Waals surface area contributed by atoms with Gasteiger partial charge in [0.15, 0.2) is 0 Å². The quantitative estimate of drug-likeness (QED) is 0.662. The number of carbonyl (C=O) groups is 2. The molecule has 0 radical (unpaired) electrons. The second-order valence-corrected chi connectivity index (χ2v) is 8.54. The zero-order chi connectivity index (χ0) is 22.6. The Morgan fingerprint density at radius 1 is 0.969 bits per heavy atom. The van der Waals surface area contributed by atoms with Gasteiger partial charge in [-0.2, -0.15) is 0 Å². The largest absolute Gasteiger partial charge is 0.359 e. The third-order valence-corrected chi connectivity index (χ3v) is 6.61. The van der Waals surface area contributed by atoms with Gasteiger partial charge in [0, 0.05) is 32.5 Å². The molecule has 0 spiro atoms. The van der Waals surface area contributed by atoms with Crippen LogP contribution in [0.3, 0.4) is 0 Å². The van der Waals surface area contributed by atoms with E-state index < -0.39 is 5.41 Å². The number of pyridine rings is 1. The van der Waals surface area contributed by atoms with Crippen molar-refractivity contribution in [3.63, 3.8) is 0 Å². The molecule has 2 amide bonds. The lowest BCUT2D eigenvalue weighted by Gasteiger charge is -2.41. The van der Waals surface area contributed by atoms with Crippen LogP contribution in [-0.2, 0) is 11.2 Å². The molecule has 0 atom stereocenters. The van der Waals surface area contributed by atoms with Gasteiger partial charge in [-0.25, -0.2) is 0 Å². The Kier molecular flexibility index (Phi) is 6.35. The molecule has 32 heavy (non-hydrogen) atoms. The maximum Gasteiger partial charge on any atom is 0.255 e. The van der Waals surface area contributed by atoms with Crippen molar-refractivity contribution in [3.8, 4) is 11.1 Å². The number of hydrogen-bond acceptors (Lipinski definition) is 3. The topological polar surface area (TPSA) is 62.3 Å². The SMILES string of the molecule is CNC(=O)C1(Cc2ccccc2-c2ccccc2C)CCN(C(=O)c2cccnc2)CC1. The summed E-state index contributed by atoms with van der Waals surface area (Å²) < 4.78 is 0. The van der Waals surface area contributed by atoms with E-state index in [1.54, 1.807) is 31.6 Å². The van der Waals surface area contributed by atoms with E-state index >= 15 is 0 Å². The second kappa shape index (κ2) is 9.35. The van der Waals surface area contributed by atoms with E-state index in [9.17, 15) is 9.59 Å². The van der Waals surface area contributed by atoms with Gasteiger partial charge in [0.2, 0.25) is 5.91 Å². The lowest BCUT2D eigenvalue weighted by atomic mass is 9.71. The van der Waals surface area contributed by atoms with Crippen LogP contribution in [0.15, 0.2) is 73.1 Å². The Morgan fingerprint density at radius 3 is 2.31 bits per heavy atom. The minimum Gasteiger partial charge on any atom is -0.359 e. The molecule has 5 nitrogen and oxygen atoms in total. The maximum absolute atomic E-state index is 13.1. The molecule has 3 aromatic rings. The van der Waals surface area contributed by atoms with Crippen LogP contribution in [-0.4, -0.2) is 41.8 Å². The van der Waals surface area contributed by atoms with E-state index in [4.69, 9.17) is 0 Å². The zero-order valence-electron chi connectivity index (χ0n) is 18.7. The number of hydrogen-bond donors (Lipinski definition) is 1. The maximum atomic E-state index is 13.1. The van der Waals surface area contributed by atoms with Crippen molar-refractivity contribution >= 4 is 11.8 Å². The Balaban J connectivity index is 1.60. The fourth-order valence-corrected chi connectivity index (χ4v) is 4.74. The summed E-state index contributed by atoms with van der Waals surface area (Å²) >= 11 is 0. The molecule has 2 heterocycles. The number of aromatic nitrogens is 1. The smallest absolute Gasteiger partial charge is 0.255 e. The number of nitrogens with one attached hydrogen (secondary N) is 1. The number of benzene rings is 2. The molecular weight excluding hydrogens is 398 g/mol. The first-order chi connectivity index (χ1) is 15.5. The minimum absolute atomic E-state index is 0.0242. The fourth-order valence-electron chi connectivity index (χ4n) is 4.74. The van der Waals surface area contributed by atoms with E-state index in [-0.39, 0.29) is 11.8 Å². The first-order valence-electron chi connectivity index (χ1n) is 11.1. The molecule has 1 aliphatic heterocycles. The van der Waals surface area contributed by atoms with Gasteiger partial charge in [-0.15, -0.1) is 0 Å². The third-order valence-electron chi connectivity index (χ3n) is 6.61. The minimum atomic E-state index is -0.542. The van der Waals surface area contributed by atoms with Gasteiger partial charge in [0.25, 0.3) is 5.91 Å². The summed E-state index contributed by atoms with van der Waals surface area (Å²) in [7, 11) is 1.70. The van der Waals surface area contributed by atoms with Crippen molar-refractivity contribution in [1.82, 2.24) is 15.2 Å². The molecule has 5 heteroatoms. The van der Waals surface area contributed by atoms with Crippen LogP contribution in [0, 0.1) is 12.3 Å². The number of aryl methyl sites for hydroxylation is 1. The van der Waals surface area contributed by atoms with E-state index in [1.807, 2.05) is 23.1 Å². The summed E-state index contributed by atoms with van der Waals surface area (Å²) in [6.45, 7) is 3.21. The number of amides is 2. The average molecular weight is 428 g/mol. The molecule has 1 fully saturated rings. The van der Waals surface area contributed by atoms with E-state index in [1.165, 1.54) is 16.7 Å². The number of likely N-dealkylation sites (tertiary alicyclic amines) is 1. The van der Waals surface area contributed by atoms with Gasteiger partial charge in [-0.1, -0.05) is 48.5 Å². The lowest BCUT2D eigenvalue weighted by Crippen LogP contribution is -2.50. The monoisotopic (exact) mass is 427 g/mol. The second-order valence-electron chi connectivity index (χ2n) is 8.54. The number of rotatable bonds is 5. The van der Waals surface area contributed by atoms with Crippen LogP contribution < -0.4 is 5.32 Å². The molecule has 1 aromatic heterocycles. The summed E-state index contributed by atoms with van der Waals surface area (Å²) in [5, 5.41) is 2.89. The Labute approximate surface area is 189 Å². The summed E-state index contributed by atoms with van der Waals surface area (Å²) in [6.07, 6.45) is 5.16. The van der Waals surface area contributed by atoms with Crippen LogP contribution in [0.5, 0.6) is 0 Å². The highest BCUT2D eigenvalue weighted by molar-refractivity contribution is 5.94. The standard InChI is InChI=1S/C27H29N3O2/c1-20-8-3-5-11-23(20)24-12-6-4-9-21(24)18-27(26(32)28-2)13-16-30(17-14-27)25(31)22-10-7-15-29-19-22/h3-12,15,19H,13-14,16-18H2,1-2H3,(H,28,32).